The Labute approximate surface area is 240 Å². The highest BCUT2D eigenvalue weighted by Crippen LogP contribution is 2.50. The highest BCUT2D eigenvalue weighted by Gasteiger charge is 2.64. The molecule has 3 aliphatic rings. The van der Waals surface area contributed by atoms with Crippen molar-refractivity contribution in [3.05, 3.63) is 81.1 Å². The van der Waals surface area contributed by atoms with E-state index < -0.39 is 57.4 Å². The van der Waals surface area contributed by atoms with E-state index in [0.29, 0.717) is 17.5 Å². The molecule has 2 saturated heterocycles. The van der Waals surface area contributed by atoms with Crippen LogP contribution in [0.2, 0.25) is 0 Å². The van der Waals surface area contributed by atoms with Crippen molar-refractivity contribution in [3.8, 4) is 0 Å². The number of nitrogens with one attached hydrogen (secondary N) is 2. The summed E-state index contributed by atoms with van der Waals surface area (Å²) < 4.78 is 1.20. The quantitative estimate of drug-likeness (QED) is 0.385. The molecule has 41 heavy (non-hydrogen) atoms. The summed E-state index contributed by atoms with van der Waals surface area (Å²) in [5.74, 6) is -2.90. The fourth-order valence-electron chi connectivity index (χ4n) is 6.29. The lowest BCUT2D eigenvalue weighted by atomic mass is 9.95. The van der Waals surface area contributed by atoms with Crippen LogP contribution in [-0.2, 0) is 27.3 Å². The average molecular weight is 575 g/mol. The van der Waals surface area contributed by atoms with E-state index in [2.05, 4.69) is 10.6 Å². The van der Waals surface area contributed by atoms with Gasteiger partial charge in [0.15, 0.2) is 0 Å². The zero-order chi connectivity index (χ0) is 29.2. The number of hydrogen-bond donors (Lipinski definition) is 3. The average Bonchev–Trinajstić information content (AvgIpc) is 3.21. The van der Waals surface area contributed by atoms with Gasteiger partial charge in [0.1, 0.15) is 29.1 Å². The molecule has 2 aromatic carbocycles. The first-order valence-electron chi connectivity index (χ1n) is 13.5. The molecule has 0 aliphatic carbocycles. The minimum Gasteiger partial charge on any atom is -0.480 e. The molecule has 11 heteroatoms. The van der Waals surface area contributed by atoms with Gasteiger partial charge in [-0.1, -0.05) is 36.4 Å². The molecular weight excluding hydrogens is 544 g/mol. The number of benzene rings is 2. The van der Waals surface area contributed by atoms with Gasteiger partial charge in [-0.05, 0) is 56.4 Å². The highest BCUT2D eigenvalue weighted by molar-refractivity contribution is 8.01. The molecule has 3 amide bonds. The van der Waals surface area contributed by atoms with Gasteiger partial charge in [-0.3, -0.25) is 19.2 Å². The number of nitrogens with zero attached hydrogens (tertiary/aromatic N) is 2. The first kappa shape index (κ1) is 27.1. The number of thioether (sulfide) groups is 1. The van der Waals surface area contributed by atoms with Crippen molar-refractivity contribution in [1.29, 1.82) is 0 Å². The number of carboxylic acid groups (broad SMARTS) is 1. The molecule has 3 N–H and O–H groups in total. The van der Waals surface area contributed by atoms with E-state index in [-0.39, 0.29) is 5.56 Å². The van der Waals surface area contributed by atoms with Gasteiger partial charge < -0.3 is 25.2 Å². The number of fused-ring (bicyclic) bond motifs is 1. The normalized spacial score (nSPS) is 23.0. The molecule has 3 aliphatic heterocycles. The number of carbonyl (C=O) groups excluding carboxylic acids is 3. The van der Waals surface area contributed by atoms with Gasteiger partial charge in [-0.15, -0.1) is 11.8 Å². The Bertz CT molecular complexity index is 1680. The number of pyridine rings is 1. The van der Waals surface area contributed by atoms with Gasteiger partial charge in [0.2, 0.25) is 17.2 Å². The van der Waals surface area contributed by atoms with E-state index in [1.165, 1.54) is 16.7 Å². The number of hydrogen-bond acceptors (Lipinski definition) is 6. The van der Waals surface area contributed by atoms with E-state index in [1.807, 2.05) is 17.6 Å². The third-order valence-corrected chi connectivity index (χ3v) is 9.86. The first-order chi connectivity index (χ1) is 19.5. The zero-order valence-corrected chi connectivity index (χ0v) is 23.7. The molecule has 0 saturated carbocycles. The summed E-state index contributed by atoms with van der Waals surface area (Å²) in [5.41, 5.74) is 3.07. The van der Waals surface area contributed by atoms with Crippen LogP contribution in [0, 0.1) is 6.92 Å². The van der Waals surface area contributed by atoms with E-state index in [0.717, 1.165) is 29.5 Å². The summed E-state index contributed by atoms with van der Waals surface area (Å²) in [6.45, 7) is 6.20. The number of carbonyl (C=O) groups is 4. The highest BCUT2D eigenvalue weighted by atomic mass is 32.2. The maximum Gasteiger partial charge on any atom is 0.327 e. The molecule has 4 unspecified atom stereocenters. The number of amides is 3. The molecule has 6 rings (SSSR count). The summed E-state index contributed by atoms with van der Waals surface area (Å²) in [4.78, 5) is 66.9. The second-order valence-corrected chi connectivity index (χ2v) is 13.1. The molecule has 0 radical (unpaired) electrons. The van der Waals surface area contributed by atoms with Crippen molar-refractivity contribution in [2.75, 3.05) is 0 Å². The van der Waals surface area contributed by atoms with E-state index in [4.69, 9.17) is 0 Å². The Morgan fingerprint density at radius 3 is 2.54 bits per heavy atom. The lowest BCUT2D eigenvalue weighted by Crippen LogP contribution is -2.71. The number of aryl methyl sites for hydroxylation is 3. The topological polar surface area (TPSA) is 138 Å². The Kier molecular flexibility index (Phi) is 6.44. The number of carboxylic acids is 1. The van der Waals surface area contributed by atoms with Crippen LogP contribution in [0.15, 0.2) is 53.5 Å². The molecule has 4 atom stereocenters. The van der Waals surface area contributed by atoms with Crippen molar-refractivity contribution in [2.24, 2.45) is 0 Å². The van der Waals surface area contributed by atoms with E-state index in [1.54, 1.807) is 56.4 Å². The minimum atomic E-state index is -1.19. The monoisotopic (exact) mass is 574 g/mol. The molecule has 212 valence electrons. The summed E-state index contributed by atoms with van der Waals surface area (Å²) in [6.07, 6.45) is 3.32. The van der Waals surface area contributed by atoms with Crippen LogP contribution in [0.3, 0.4) is 0 Å². The Hall–Kier alpha value is -4.12. The summed E-state index contributed by atoms with van der Waals surface area (Å²) in [6, 6.07) is 9.10. The summed E-state index contributed by atoms with van der Waals surface area (Å²) >= 11 is 1.32. The van der Waals surface area contributed by atoms with Crippen molar-refractivity contribution in [3.63, 3.8) is 0 Å². The largest absolute Gasteiger partial charge is 0.480 e. The zero-order valence-electron chi connectivity index (χ0n) is 22.8. The number of aromatic nitrogens is 1. The molecule has 2 fully saturated rings. The number of β-lactam (4-membered cyclic amide) rings is 1. The van der Waals surface area contributed by atoms with Gasteiger partial charge >= 0.3 is 5.97 Å². The Morgan fingerprint density at radius 2 is 1.83 bits per heavy atom. The molecule has 4 heterocycles. The minimum absolute atomic E-state index is 0.0637. The molecule has 0 spiro atoms. The smallest absolute Gasteiger partial charge is 0.327 e. The molecule has 1 aromatic heterocycles. The third-order valence-electron chi connectivity index (χ3n) is 8.29. The molecule has 10 nitrogen and oxygen atoms in total. The van der Waals surface area contributed by atoms with E-state index >= 15 is 0 Å². The Balaban J connectivity index is 1.29. The van der Waals surface area contributed by atoms with Gasteiger partial charge in [0, 0.05) is 22.9 Å². The van der Waals surface area contributed by atoms with Crippen LogP contribution in [0.4, 0.5) is 0 Å². The summed E-state index contributed by atoms with van der Waals surface area (Å²) in [7, 11) is 0. The lowest BCUT2D eigenvalue weighted by molar-refractivity contribution is -0.161. The number of rotatable bonds is 6. The van der Waals surface area contributed by atoms with Crippen LogP contribution in [0.25, 0.3) is 10.9 Å². The van der Waals surface area contributed by atoms with Crippen LogP contribution < -0.4 is 16.1 Å². The second kappa shape index (κ2) is 9.76. The third kappa shape index (κ3) is 4.30. The first-order valence-corrected chi connectivity index (χ1v) is 14.4. The van der Waals surface area contributed by atoms with Gasteiger partial charge in [0.25, 0.3) is 5.91 Å². The van der Waals surface area contributed by atoms with Gasteiger partial charge in [-0.25, -0.2) is 4.79 Å². The van der Waals surface area contributed by atoms with Gasteiger partial charge in [-0.2, -0.15) is 0 Å². The van der Waals surface area contributed by atoms with Crippen LogP contribution >= 0.6 is 11.8 Å². The fourth-order valence-corrected chi connectivity index (χ4v) is 7.91. The predicted molar refractivity (Wildman–Crippen MR) is 154 cm³/mol. The molecule has 0 bridgehead atoms. The van der Waals surface area contributed by atoms with Crippen molar-refractivity contribution in [2.45, 2.75) is 68.4 Å². The van der Waals surface area contributed by atoms with Crippen molar-refractivity contribution < 1.29 is 24.3 Å². The molecule has 3 aromatic rings. The second-order valence-electron chi connectivity index (χ2n) is 11.3. The predicted octanol–water partition coefficient (Wildman–Crippen LogP) is 2.36. The van der Waals surface area contributed by atoms with Gasteiger partial charge in [0.05, 0.1) is 5.52 Å². The standard InChI is InChI=1S/C30H30N4O6S/c1-15-11-12-18-22-17(15)10-7-13-33(22)14-19(23(18)35)25(36)31-20(16-8-5-4-6-9-16)26(37)32-21-27(38)34-24(29(39)40)30(2,3)41-28(21)34/h4-6,8-9,11-12,14,20-21,24,28H,7,10,13H2,1-3H3,(H,31,36)(H,32,37)(H,39,40). The van der Waals surface area contributed by atoms with Crippen molar-refractivity contribution in [1.82, 2.24) is 20.1 Å². The maximum absolute atomic E-state index is 13.6. The summed E-state index contributed by atoms with van der Waals surface area (Å²) in [5, 5.41) is 15.1. The maximum atomic E-state index is 13.6. The van der Waals surface area contributed by atoms with Crippen LogP contribution in [0.5, 0.6) is 0 Å². The fraction of sp³-hybridized carbons (Fsp3) is 0.367. The lowest BCUT2D eigenvalue weighted by Gasteiger charge is -2.44. The Morgan fingerprint density at radius 1 is 1.10 bits per heavy atom. The van der Waals surface area contributed by atoms with Crippen molar-refractivity contribution >= 4 is 46.4 Å². The van der Waals surface area contributed by atoms with E-state index in [9.17, 15) is 29.1 Å². The number of aliphatic carboxylic acids is 1. The van der Waals surface area contributed by atoms with Crippen LogP contribution in [0.1, 0.15) is 53.4 Å². The molecular formula is C30H30N4O6S. The SMILES string of the molecule is Cc1ccc2c(=O)c(C(=O)NC(C(=O)NC3C(=O)N4C3SC(C)(C)C4C(=O)O)c3ccccc3)cn3c2c1CCC3. The van der Waals surface area contributed by atoms with Crippen LogP contribution in [-0.4, -0.2) is 60.5 Å².